The van der Waals surface area contributed by atoms with Gasteiger partial charge in [0.2, 0.25) is 0 Å². The summed E-state index contributed by atoms with van der Waals surface area (Å²) in [6.07, 6.45) is 0. The van der Waals surface area contributed by atoms with Gasteiger partial charge in [-0.25, -0.2) is 8.78 Å². The van der Waals surface area contributed by atoms with Crippen LogP contribution in [0.3, 0.4) is 0 Å². The van der Waals surface area contributed by atoms with Crippen molar-refractivity contribution in [3.63, 3.8) is 0 Å². The number of halogens is 2. The van der Waals surface area contributed by atoms with Crippen molar-refractivity contribution in [3.8, 4) is 0 Å². The van der Waals surface area contributed by atoms with Crippen LogP contribution in [-0.4, -0.2) is 17.8 Å². The van der Waals surface area contributed by atoms with E-state index in [0.717, 1.165) is 6.07 Å². The molecule has 5 heteroatoms. The van der Waals surface area contributed by atoms with E-state index in [2.05, 4.69) is 5.32 Å². The zero-order valence-electron chi connectivity index (χ0n) is 9.30. The fourth-order valence-electron chi connectivity index (χ4n) is 1.32. The van der Waals surface area contributed by atoms with Gasteiger partial charge >= 0.3 is 0 Å². The molecule has 0 saturated heterocycles. The lowest BCUT2D eigenvalue weighted by atomic mass is 10.0. The summed E-state index contributed by atoms with van der Waals surface area (Å²) in [7, 11) is 0. The van der Waals surface area contributed by atoms with Gasteiger partial charge in [-0.05, 0) is 18.1 Å². The molecule has 0 amide bonds. The number of hydrogen-bond acceptors (Lipinski definition) is 3. The van der Waals surface area contributed by atoms with Crippen molar-refractivity contribution < 1.29 is 13.9 Å². The van der Waals surface area contributed by atoms with E-state index in [9.17, 15) is 8.78 Å². The minimum absolute atomic E-state index is 0.0760. The molecule has 0 spiro atoms. The summed E-state index contributed by atoms with van der Waals surface area (Å²) in [5, 5.41) is 11.8. The number of nitrogens with two attached hydrogens (primary N) is 1. The third kappa shape index (κ3) is 2.61. The maximum atomic E-state index is 13.4. The van der Waals surface area contributed by atoms with Crippen molar-refractivity contribution in [3.05, 3.63) is 23.8 Å². The first kappa shape index (κ1) is 12.7. The summed E-state index contributed by atoms with van der Waals surface area (Å²) in [4.78, 5) is 0. The average molecular weight is 230 g/mol. The van der Waals surface area contributed by atoms with Crippen LogP contribution in [0.15, 0.2) is 12.1 Å². The predicted octanol–water partition coefficient (Wildman–Crippen LogP) is 1.98. The van der Waals surface area contributed by atoms with Gasteiger partial charge in [0.15, 0.2) is 11.6 Å². The second-order valence-corrected chi connectivity index (χ2v) is 4.00. The predicted molar refractivity (Wildman–Crippen MR) is 60.1 cm³/mol. The molecule has 0 aromatic heterocycles. The van der Waals surface area contributed by atoms with Gasteiger partial charge < -0.3 is 16.2 Å². The normalized spacial score (nSPS) is 12.9. The van der Waals surface area contributed by atoms with E-state index < -0.39 is 11.6 Å². The summed E-state index contributed by atoms with van der Waals surface area (Å²) < 4.78 is 26.4. The average Bonchev–Trinajstić information content (AvgIpc) is 2.23. The molecule has 1 atom stereocenters. The van der Waals surface area contributed by atoms with Crippen molar-refractivity contribution >= 4 is 11.4 Å². The monoisotopic (exact) mass is 230 g/mol. The van der Waals surface area contributed by atoms with E-state index in [1.165, 1.54) is 6.07 Å². The first-order valence-corrected chi connectivity index (χ1v) is 5.08. The van der Waals surface area contributed by atoms with E-state index in [1.807, 2.05) is 13.8 Å². The Morgan fingerprint density at radius 1 is 1.38 bits per heavy atom. The molecule has 0 radical (unpaired) electrons. The number of aliphatic hydroxyl groups is 1. The highest BCUT2D eigenvalue weighted by Gasteiger charge is 2.17. The molecule has 90 valence electrons. The number of aliphatic hydroxyl groups excluding tert-OH is 1. The van der Waals surface area contributed by atoms with Gasteiger partial charge in [-0.3, -0.25) is 0 Å². The van der Waals surface area contributed by atoms with Crippen LogP contribution in [0.4, 0.5) is 20.2 Å². The minimum Gasteiger partial charge on any atom is -0.397 e. The van der Waals surface area contributed by atoms with Crippen molar-refractivity contribution in [2.24, 2.45) is 5.92 Å². The second kappa shape index (κ2) is 5.12. The minimum atomic E-state index is -1.01. The Bertz CT molecular complexity index is 369. The first-order chi connectivity index (χ1) is 7.47. The van der Waals surface area contributed by atoms with Crippen LogP contribution in [0.1, 0.15) is 13.8 Å². The Morgan fingerprint density at radius 3 is 2.50 bits per heavy atom. The lowest BCUT2D eigenvalue weighted by Gasteiger charge is -2.22. The molecular formula is C11H16F2N2O. The maximum absolute atomic E-state index is 13.4. The van der Waals surface area contributed by atoms with Crippen LogP contribution in [0, 0.1) is 17.6 Å². The molecule has 0 aliphatic carbocycles. The first-order valence-electron chi connectivity index (χ1n) is 5.08. The highest BCUT2D eigenvalue weighted by molar-refractivity contribution is 5.67. The molecule has 0 heterocycles. The number of anilines is 2. The largest absolute Gasteiger partial charge is 0.397 e. The smallest absolute Gasteiger partial charge is 0.183 e. The molecule has 4 N–H and O–H groups in total. The van der Waals surface area contributed by atoms with Gasteiger partial charge in [0.1, 0.15) is 0 Å². The SMILES string of the molecule is CC(C)C(CO)Nc1c(N)ccc(F)c1F. The van der Waals surface area contributed by atoms with Gasteiger partial charge in [-0.1, -0.05) is 13.8 Å². The van der Waals surface area contributed by atoms with Crippen molar-refractivity contribution in [2.45, 2.75) is 19.9 Å². The van der Waals surface area contributed by atoms with E-state index in [0.29, 0.717) is 0 Å². The second-order valence-electron chi connectivity index (χ2n) is 4.00. The van der Waals surface area contributed by atoms with Crippen LogP contribution in [0.25, 0.3) is 0 Å². The van der Waals surface area contributed by atoms with E-state index in [-0.39, 0.29) is 29.9 Å². The number of benzene rings is 1. The molecule has 3 nitrogen and oxygen atoms in total. The van der Waals surface area contributed by atoms with Gasteiger partial charge in [0.05, 0.1) is 24.0 Å². The Balaban J connectivity index is 3.00. The zero-order chi connectivity index (χ0) is 12.3. The van der Waals surface area contributed by atoms with Crippen LogP contribution in [0.5, 0.6) is 0 Å². The molecule has 0 aliphatic rings. The highest BCUT2D eigenvalue weighted by atomic mass is 19.2. The lowest BCUT2D eigenvalue weighted by molar-refractivity contribution is 0.249. The molecule has 0 bridgehead atoms. The van der Waals surface area contributed by atoms with Crippen LogP contribution in [-0.2, 0) is 0 Å². The zero-order valence-corrected chi connectivity index (χ0v) is 9.30. The highest BCUT2D eigenvalue weighted by Crippen LogP contribution is 2.26. The lowest BCUT2D eigenvalue weighted by Crippen LogP contribution is -2.30. The number of hydrogen-bond donors (Lipinski definition) is 3. The molecule has 16 heavy (non-hydrogen) atoms. The Labute approximate surface area is 93.3 Å². The molecule has 1 unspecified atom stereocenters. The van der Waals surface area contributed by atoms with Crippen LogP contribution >= 0.6 is 0 Å². The molecule has 0 saturated carbocycles. The summed E-state index contributed by atoms with van der Waals surface area (Å²) >= 11 is 0. The molecule has 1 aromatic carbocycles. The molecule has 1 aromatic rings. The number of rotatable bonds is 4. The number of nitrogen functional groups attached to an aromatic ring is 1. The Kier molecular flexibility index (Phi) is 4.06. The third-order valence-corrected chi connectivity index (χ3v) is 2.46. The van der Waals surface area contributed by atoms with E-state index >= 15 is 0 Å². The molecular weight excluding hydrogens is 214 g/mol. The fourth-order valence-corrected chi connectivity index (χ4v) is 1.32. The summed E-state index contributed by atoms with van der Waals surface area (Å²) in [5.74, 6) is -1.90. The maximum Gasteiger partial charge on any atom is 0.183 e. The summed E-state index contributed by atoms with van der Waals surface area (Å²) in [6.45, 7) is 3.55. The van der Waals surface area contributed by atoms with Crippen LogP contribution < -0.4 is 11.1 Å². The van der Waals surface area contributed by atoms with Gasteiger partial charge in [-0.15, -0.1) is 0 Å². The Hall–Kier alpha value is -1.36. The summed E-state index contributed by atoms with van der Waals surface area (Å²) in [5.41, 5.74) is 5.58. The van der Waals surface area contributed by atoms with E-state index in [4.69, 9.17) is 10.8 Å². The molecule has 0 fully saturated rings. The Morgan fingerprint density at radius 2 is 2.00 bits per heavy atom. The van der Waals surface area contributed by atoms with Gasteiger partial charge in [0, 0.05) is 0 Å². The standard InChI is InChI=1S/C11H16F2N2O/c1-6(2)9(5-16)15-11-8(14)4-3-7(12)10(11)13/h3-4,6,9,15-16H,5,14H2,1-2H3. The number of nitrogens with one attached hydrogen (secondary N) is 1. The third-order valence-electron chi connectivity index (χ3n) is 2.46. The molecule has 1 rings (SSSR count). The van der Waals surface area contributed by atoms with Gasteiger partial charge in [-0.2, -0.15) is 0 Å². The summed E-state index contributed by atoms with van der Waals surface area (Å²) in [6, 6.07) is 1.90. The fraction of sp³-hybridized carbons (Fsp3) is 0.455. The topological polar surface area (TPSA) is 58.3 Å². The van der Waals surface area contributed by atoms with Crippen molar-refractivity contribution in [1.29, 1.82) is 0 Å². The quantitative estimate of drug-likeness (QED) is 0.693. The van der Waals surface area contributed by atoms with E-state index in [1.54, 1.807) is 0 Å². The van der Waals surface area contributed by atoms with Crippen molar-refractivity contribution in [1.82, 2.24) is 0 Å². The van der Waals surface area contributed by atoms with Gasteiger partial charge in [0.25, 0.3) is 0 Å². The van der Waals surface area contributed by atoms with Crippen LogP contribution in [0.2, 0.25) is 0 Å². The van der Waals surface area contributed by atoms with Crippen molar-refractivity contribution in [2.75, 3.05) is 17.7 Å². The molecule has 0 aliphatic heterocycles.